The summed E-state index contributed by atoms with van der Waals surface area (Å²) in [7, 11) is 4.31. The van der Waals surface area contributed by atoms with Gasteiger partial charge in [-0.05, 0) is 6.42 Å². The van der Waals surface area contributed by atoms with Crippen molar-refractivity contribution >= 4 is 11.8 Å². The highest BCUT2D eigenvalue weighted by Gasteiger charge is 2.64. The van der Waals surface area contributed by atoms with Crippen molar-refractivity contribution in [1.82, 2.24) is 0 Å². The molecule has 0 heterocycles. The molecule has 0 aliphatic heterocycles. The zero-order chi connectivity index (χ0) is 13.1. The maximum Gasteiger partial charge on any atom is 0.319 e. The summed E-state index contributed by atoms with van der Waals surface area (Å²) >= 11 is 0. The third-order valence-electron chi connectivity index (χ3n) is 3.47. The van der Waals surface area contributed by atoms with E-state index in [4.69, 9.17) is 14.2 Å². The van der Waals surface area contributed by atoms with Crippen molar-refractivity contribution in [1.29, 1.82) is 0 Å². The number of methoxy groups -OCH3 is 3. The van der Waals surface area contributed by atoms with Crippen LogP contribution in [0.25, 0.3) is 0 Å². The molecule has 5 heteroatoms. The van der Waals surface area contributed by atoms with E-state index in [0.717, 1.165) is 0 Å². The maximum atomic E-state index is 12.1. The fraction of sp³-hybridized carbons (Fsp3) is 0.833. The largest absolute Gasteiger partial charge is 0.468 e. The summed E-state index contributed by atoms with van der Waals surface area (Å²) in [4.78, 5) is 23.9. The van der Waals surface area contributed by atoms with Gasteiger partial charge in [-0.3, -0.25) is 9.59 Å². The molecular formula is C12H20O5. The number of hydrogen-bond acceptors (Lipinski definition) is 5. The summed E-state index contributed by atoms with van der Waals surface area (Å²) in [5.74, 6) is -1.39. The molecule has 0 atom stereocenters. The van der Waals surface area contributed by atoms with Gasteiger partial charge >= 0.3 is 5.97 Å². The number of carbonyl (C=O) groups is 2. The Bertz CT molecular complexity index is 298. The number of Topliss-reactive ketones (excluding diaryl/α,β-unsaturated/α-hetero) is 1. The third kappa shape index (κ3) is 2.21. The van der Waals surface area contributed by atoms with Crippen molar-refractivity contribution in [2.75, 3.05) is 21.3 Å². The lowest BCUT2D eigenvalue weighted by atomic mass is 9.61. The minimum absolute atomic E-state index is 0.0865. The lowest BCUT2D eigenvalue weighted by molar-refractivity contribution is -0.289. The van der Waals surface area contributed by atoms with Crippen LogP contribution in [0.4, 0.5) is 0 Å². The second-order valence-corrected chi connectivity index (χ2v) is 4.42. The van der Waals surface area contributed by atoms with Crippen molar-refractivity contribution in [3.8, 4) is 0 Å². The van der Waals surface area contributed by atoms with E-state index in [0.29, 0.717) is 12.8 Å². The first kappa shape index (κ1) is 14.1. The number of ether oxygens (including phenoxy) is 3. The lowest BCUT2D eigenvalue weighted by Crippen LogP contribution is -2.61. The van der Waals surface area contributed by atoms with Gasteiger partial charge in [0.05, 0.1) is 7.11 Å². The molecule has 0 aromatic heterocycles. The average Bonchev–Trinajstić information content (AvgIpc) is 2.29. The van der Waals surface area contributed by atoms with Gasteiger partial charge in [0, 0.05) is 33.5 Å². The van der Waals surface area contributed by atoms with Crippen molar-refractivity contribution in [3.63, 3.8) is 0 Å². The fourth-order valence-electron chi connectivity index (χ4n) is 2.36. The molecule has 0 radical (unpaired) electrons. The smallest absolute Gasteiger partial charge is 0.319 e. The van der Waals surface area contributed by atoms with E-state index in [-0.39, 0.29) is 18.6 Å². The van der Waals surface area contributed by atoms with Crippen LogP contribution < -0.4 is 0 Å². The number of hydrogen-bond donors (Lipinski definition) is 0. The van der Waals surface area contributed by atoms with E-state index >= 15 is 0 Å². The molecule has 0 spiro atoms. The molecule has 0 bridgehead atoms. The Labute approximate surface area is 101 Å². The molecule has 1 aliphatic rings. The van der Waals surface area contributed by atoms with Gasteiger partial charge in [0.2, 0.25) is 0 Å². The van der Waals surface area contributed by atoms with Crippen LogP contribution >= 0.6 is 0 Å². The molecule has 1 fully saturated rings. The predicted octanol–water partition coefficient (Wildman–Crippen LogP) is 1.30. The van der Waals surface area contributed by atoms with Gasteiger partial charge in [-0.1, -0.05) is 6.92 Å². The van der Waals surface area contributed by atoms with Crippen molar-refractivity contribution in [3.05, 3.63) is 0 Å². The van der Waals surface area contributed by atoms with Crippen molar-refractivity contribution in [2.45, 2.75) is 38.4 Å². The van der Waals surface area contributed by atoms with Crippen LogP contribution in [0.1, 0.15) is 32.6 Å². The van der Waals surface area contributed by atoms with Gasteiger partial charge < -0.3 is 14.2 Å². The summed E-state index contributed by atoms with van der Waals surface area (Å²) in [6.45, 7) is 1.90. The van der Waals surface area contributed by atoms with Gasteiger partial charge in [-0.25, -0.2) is 0 Å². The van der Waals surface area contributed by atoms with Gasteiger partial charge in [0.1, 0.15) is 5.41 Å². The Kier molecular flexibility index (Phi) is 4.27. The van der Waals surface area contributed by atoms with Gasteiger partial charge in [0.25, 0.3) is 0 Å². The van der Waals surface area contributed by atoms with E-state index < -0.39 is 17.2 Å². The highest BCUT2D eigenvalue weighted by Crippen LogP contribution is 2.52. The second-order valence-electron chi connectivity index (χ2n) is 4.42. The quantitative estimate of drug-likeness (QED) is 0.400. The molecule has 0 unspecified atom stereocenters. The Morgan fingerprint density at radius 2 is 1.65 bits per heavy atom. The molecule has 0 N–H and O–H groups in total. The highest BCUT2D eigenvalue weighted by atomic mass is 16.7. The van der Waals surface area contributed by atoms with Crippen molar-refractivity contribution < 1.29 is 23.8 Å². The van der Waals surface area contributed by atoms with E-state index in [1.54, 1.807) is 0 Å². The van der Waals surface area contributed by atoms with Crippen LogP contribution in [0.15, 0.2) is 0 Å². The number of esters is 1. The molecule has 98 valence electrons. The summed E-state index contributed by atoms with van der Waals surface area (Å²) < 4.78 is 15.2. The first-order valence-corrected chi connectivity index (χ1v) is 5.72. The first-order chi connectivity index (χ1) is 8.00. The predicted molar refractivity (Wildman–Crippen MR) is 60.3 cm³/mol. The monoisotopic (exact) mass is 244 g/mol. The number of rotatable bonds is 6. The molecule has 0 aromatic carbocycles. The third-order valence-corrected chi connectivity index (χ3v) is 3.47. The molecule has 5 nitrogen and oxygen atoms in total. The lowest BCUT2D eigenvalue weighted by Gasteiger charge is -2.50. The van der Waals surface area contributed by atoms with E-state index in [1.165, 1.54) is 21.3 Å². The molecule has 1 saturated carbocycles. The Morgan fingerprint density at radius 3 is 2.00 bits per heavy atom. The van der Waals surface area contributed by atoms with Gasteiger partial charge in [0.15, 0.2) is 11.6 Å². The molecular weight excluding hydrogens is 224 g/mol. The summed E-state index contributed by atoms with van der Waals surface area (Å²) in [6.07, 6.45) is 1.56. The van der Waals surface area contributed by atoms with E-state index in [9.17, 15) is 9.59 Å². The molecule has 0 amide bonds. The molecule has 1 rings (SSSR count). The minimum Gasteiger partial charge on any atom is -0.468 e. The normalized spacial score (nSPS) is 20.5. The molecule has 1 aliphatic carbocycles. The molecule has 0 aromatic rings. The van der Waals surface area contributed by atoms with Gasteiger partial charge in [-0.15, -0.1) is 0 Å². The SMILES string of the molecule is CCCC(=O)C1(C(=O)OC)CC(OC)(OC)C1. The summed E-state index contributed by atoms with van der Waals surface area (Å²) in [5.41, 5.74) is -1.07. The zero-order valence-corrected chi connectivity index (χ0v) is 10.9. The van der Waals surface area contributed by atoms with E-state index in [1.807, 2.05) is 6.92 Å². The maximum absolute atomic E-state index is 12.1. The van der Waals surface area contributed by atoms with Crippen LogP contribution in [0, 0.1) is 5.41 Å². The highest BCUT2D eigenvalue weighted by molar-refractivity contribution is 6.05. The molecule has 17 heavy (non-hydrogen) atoms. The number of ketones is 1. The van der Waals surface area contributed by atoms with Crippen LogP contribution in [0.3, 0.4) is 0 Å². The fourth-order valence-corrected chi connectivity index (χ4v) is 2.36. The standard InChI is InChI=1S/C12H20O5/c1-5-6-9(13)11(10(14)15-2)7-12(8-11,16-3)17-4/h5-8H2,1-4H3. The van der Waals surface area contributed by atoms with Crippen LogP contribution in [0.2, 0.25) is 0 Å². The zero-order valence-electron chi connectivity index (χ0n) is 10.9. The van der Waals surface area contributed by atoms with Crippen LogP contribution in [-0.2, 0) is 23.8 Å². The Balaban J connectivity index is 2.87. The van der Waals surface area contributed by atoms with Crippen LogP contribution in [0.5, 0.6) is 0 Å². The Hall–Kier alpha value is -0.940. The van der Waals surface area contributed by atoms with Gasteiger partial charge in [-0.2, -0.15) is 0 Å². The summed E-state index contributed by atoms with van der Waals surface area (Å²) in [6, 6.07) is 0. The molecule has 0 saturated heterocycles. The first-order valence-electron chi connectivity index (χ1n) is 5.72. The minimum atomic E-state index is -1.07. The Morgan fingerprint density at radius 1 is 1.12 bits per heavy atom. The average molecular weight is 244 g/mol. The topological polar surface area (TPSA) is 61.8 Å². The van der Waals surface area contributed by atoms with E-state index in [2.05, 4.69) is 0 Å². The van der Waals surface area contributed by atoms with Crippen molar-refractivity contribution in [2.24, 2.45) is 5.41 Å². The van der Waals surface area contributed by atoms with Crippen LogP contribution in [-0.4, -0.2) is 38.9 Å². The summed E-state index contributed by atoms with van der Waals surface area (Å²) in [5, 5.41) is 0. The second kappa shape index (κ2) is 5.14. The number of carbonyl (C=O) groups excluding carboxylic acids is 2.